The molecule has 0 spiro atoms. The Kier molecular flexibility index (Phi) is 4.63. The summed E-state index contributed by atoms with van der Waals surface area (Å²) in [6.07, 6.45) is 2.63. The maximum atomic E-state index is 13.3. The molecule has 1 amide bonds. The molecule has 0 saturated carbocycles. The third kappa shape index (κ3) is 3.59. The van der Waals surface area contributed by atoms with Crippen molar-refractivity contribution in [3.05, 3.63) is 65.7 Å². The largest absolute Gasteiger partial charge is 0.340 e. The average molecular weight is 357 g/mol. The lowest BCUT2D eigenvalue weighted by Crippen LogP contribution is -2.09. The van der Waals surface area contributed by atoms with Crippen LogP contribution >= 0.6 is 11.6 Å². The van der Waals surface area contributed by atoms with Crippen molar-refractivity contribution in [2.75, 3.05) is 10.6 Å². The molecule has 0 atom stereocenters. The lowest BCUT2D eigenvalue weighted by molar-refractivity contribution is -0.111. The smallest absolute Gasteiger partial charge is 0.247 e. The fourth-order valence-electron chi connectivity index (χ4n) is 2.34. The van der Waals surface area contributed by atoms with Crippen LogP contribution in [0.1, 0.15) is 5.56 Å². The molecule has 7 heteroatoms. The number of fused-ring (bicyclic) bond motifs is 1. The predicted molar refractivity (Wildman–Crippen MR) is 97.8 cm³/mol. The molecule has 2 aromatic carbocycles. The first kappa shape index (κ1) is 16.9. The number of rotatable bonds is 4. The van der Waals surface area contributed by atoms with E-state index < -0.39 is 5.82 Å². The fourth-order valence-corrected chi connectivity index (χ4v) is 2.52. The molecule has 3 aromatic rings. The summed E-state index contributed by atoms with van der Waals surface area (Å²) >= 11 is 5.81. The van der Waals surface area contributed by atoms with Crippen LogP contribution in [0.4, 0.5) is 21.6 Å². The van der Waals surface area contributed by atoms with E-state index in [2.05, 4.69) is 27.2 Å². The number of hydrogen-bond acceptors (Lipinski definition) is 4. The minimum absolute atomic E-state index is 0.0122. The number of amides is 1. The number of carbonyl (C=O) groups is 1. The molecule has 2 N–H and O–H groups in total. The summed E-state index contributed by atoms with van der Waals surface area (Å²) in [6.45, 7) is 5.31. The average Bonchev–Trinajstić information content (AvgIpc) is 2.59. The summed E-state index contributed by atoms with van der Waals surface area (Å²) in [6, 6.07) is 7.93. The molecule has 1 aromatic heterocycles. The number of nitrogens with one attached hydrogen (secondary N) is 2. The van der Waals surface area contributed by atoms with Crippen molar-refractivity contribution in [1.82, 2.24) is 9.97 Å². The third-order valence-electron chi connectivity index (χ3n) is 3.61. The highest BCUT2D eigenvalue weighted by atomic mass is 35.5. The molecule has 0 unspecified atom stereocenters. The Morgan fingerprint density at radius 3 is 2.80 bits per heavy atom. The molecule has 25 heavy (non-hydrogen) atoms. The Hall–Kier alpha value is -2.99. The number of hydrogen-bond donors (Lipinski definition) is 2. The van der Waals surface area contributed by atoms with Crippen molar-refractivity contribution < 1.29 is 9.18 Å². The predicted octanol–water partition coefficient (Wildman–Crippen LogP) is 4.60. The molecule has 126 valence electrons. The van der Waals surface area contributed by atoms with E-state index >= 15 is 0 Å². The van der Waals surface area contributed by atoms with E-state index in [1.54, 1.807) is 12.1 Å². The maximum Gasteiger partial charge on any atom is 0.247 e. The Morgan fingerprint density at radius 1 is 1.28 bits per heavy atom. The topological polar surface area (TPSA) is 66.9 Å². The SMILES string of the molecule is C=CC(=O)Nc1cc2c(Nc3ccc(F)c(Cl)c3)ncnc2cc1C. The van der Waals surface area contributed by atoms with Gasteiger partial charge in [0, 0.05) is 16.8 Å². The zero-order chi connectivity index (χ0) is 18.0. The van der Waals surface area contributed by atoms with Gasteiger partial charge in [-0.05, 0) is 48.9 Å². The Balaban J connectivity index is 2.05. The monoisotopic (exact) mass is 356 g/mol. The third-order valence-corrected chi connectivity index (χ3v) is 3.90. The number of aryl methyl sites for hydroxylation is 1. The summed E-state index contributed by atoms with van der Waals surface area (Å²) in [4.78, 5) is 20.1. The molecule has 0 saturated heterocycles. The van der Waals surface area contributed by atoms with Gasteiger partial charge in [-0.25, -0.2) is 14.4 Å². The summed E-state index contributed by atoms with van der Waals surface area (Å²) < 4.78 is 13.3. The molecule has 0 bridgehead atoms. The molecule has 0 radical (unpaired) electrons. The van der Waals surface area contributed by atoms with Gasteiger partial charge in [0.25, 0.3) is 0 Å². The Morgan fingerprint density at radius 2 is 2.08 bits per heavy atom. The standard InChI is InChI=1S/C18H14ClFN4O/c1-3-17(25)24-15-8-12-16(6-10(15)2)21-9-22-18(12)23-11-4-5-14(20)13(19)7-11/h3-9H,1H2,2H3,(H,24,25)(H,21,22,23). The second-order valence-corrected chi connectivity index (χ2v) is 5.76. The first-order valence-corrected chi connectivity index (χ1v) is 7.76. The van der Waals surface area contributed by atoms with Crippen LogP contribution in [0.5, 0.6) is 0 Å². The van der Waals surface area contributed by atoms with E-state index in [4.69, 9.17) is 11.6 Å². The molecule has 5 nitrogen and oxygen atoms in total. The zero-order valence-electron chi connectivity index (χ0n) is 13.3. The van der Waals surface area contributed by atoms with Crippen LogP contribution in [-0.4, -0.2) is 15.9 Å². The van der Waals surface area contributed by atoms with Gasteiger partial charge in [-0.15, -0.1) is 0 Å². The van der Waals surface area contributed by atoms with E-state index in [0.29, 0.717) is 28.1 Å². The van der Waals surface area contributed by atoms with E-state index in [-0.39, 0.29) is 10.9 Å². The van der Waals surface area contributed by atoms with Gasteiger partial charge in [-0.1, -0.05) is 18.2 Å². The van der Waals surface area contributed by atoms with Crippen LogP contribution < -0.4 is 10.6 Å². The normalized spacial score (nSPS) is 10.5. The first-order chi connectivity index (χ1) is 12.0. The van der Waals surface area contributed by atoms with Crippen molar-refractivity contribution >= 4 is 45.6 Å². The first-order valence-electron chi connectivity index (χ1n) is 7.39. The minimum atomic E-state index is -0.496. The van der Waals surface area contributed by atoms with Crippen LogP contribution in [0, 0.1) is 12.7 Å². The van der Waals surface area contributed by atoms with Gasteiger partial charge in [-0.2, -0.15) is 0 Å². The van der Waals surface area contributed by atoms with Crippen LogP contribution in [-0.2, 0) is 4.79 Å². The lowest BCUT2D eigenvalue weighted by Gasteiger charge is -2.12. The van der Waals surface area contributed by atoms with Gasteiger partial charge < -0.3 is 10.6 Å². The van der Waals surface area contributed by atoms with Crippen LogP contribution in [0.25, 0.3) is 10.9 Å². The molecule has 0 aliphatic rings. The van der Waals surface area contributed by atoms with Gasteiger partial charge in [0.05, 0.1) is 10.5 Å². The van der Waals surface area contributed by atoms with E-state index in [0.717, 1.165) is 5.56 Å². The highest BCUT2D eigenvalue weighted by Crippen LogP contribution is 2.29. The zero-order valence-corrected chi connectivity index (χ0v) is 14.1. The van der Waals surface area contributed by atoms with E-state index in [1.165, 1.54) is 24.5 Å². The molecular weight excluding hydrogens is 343 g/mol. The molecule has 0 aliphatic heterocycles. The number of halogens is 2. The number of benzene rings is 2. The van der Waals surface area contributed by atoms with E-state index in [9.17, 15) is 9.18 Å². The second kappa shape index (κ2) is 6.86. The maximum absolute atomic E-state index is 13.3. The lowest BCUT2D eigenvalue weighted by atomic mass is 10.1. The van der Waals surface area contributed by atoms with Crippen molar-refractivity contribution in [3.8, 4) is 0 Å². The van der Waals surface area contributed by atoms with Gasteiger partial charge in [0.2, 0.25) is 5.91 Å². The van der Waals surface area contributed by atoms with Gasteiger partial charge in [0.1, 0.15) is 18.0 Å². The van der Waals surface area contributed by atoms with Crippen molar-refractivity contribution in [1.29, 1.82) is 0 Å². The summed E-state index contributed by atoms with van der Waals surface area (Å²) in [5.74, 6) is -0.286. The number of aromatic nitrogens is 2. The van der Waals surface area contributed by atoms with Crippen LogP contribution in [0.2, 0.25) is 5.02 Å². The highest BCUT2D eigenvalue weighted by molar-refractivity contribution is 6.31. The van der Waals surface area contributed by atoms with Crippen molar-refractivity contribution in [2.24, 2.45) is 0 Å². The second-order valence-electron chi connectivity index (χ2n) is 5.35. The van der Waals surface area contributed by atoms with Gasteiger partial charge in [-0.3, -0.25) is 4.79 Å². The molecule has 0 fully saturated rings. The summed E-state index contributed by atoms with van der Waals surface area (Å²) in [7, 11) is 0. The number of nitrogens with zero attached hydrogens (tertiary/aromatic N) is 2. The van der Waals surface area contributed by atoms with Crippen LogP contribution in [0.15, 0.2) is 49.3 Å². The molecule has 0 aliphatic carbocycles. The Bertz CT molecular complexity index is 990. The van der Waals surface area contributed by atoms with E-state index in [1.807, 2.05) is 13.0 Å². The molecule has 1 heterocycles. The van der Waals surface area contributed by atoms with Crippen LogP contribution in [0.3, 0.4) is 0 Å². The fraction of sp³-hybridized carbons (Fsp3) is 0.0556. The highest BCUT2D eigenvalue weighted by Gasteiger charge is 2.10. The van der Waals surface area contributed by atoms with Crippen molar-refractivity contribution in [3.63, 3.8) is 0 Å². The summed E-state index contributed by atoms with van der Waals surface area (Å²) in [5, 5.41) is 6.56. The van der Waals surface area contributed by atoms with Gasteiger partial charge in [0.15, 0.2) is 0 Å². The number of carbonyl (C=O) groups excluding carboxylic acids is 1. The Labute approximate surface area is 148 Å². The molecular formula is C18H14ClFN4O. The molecule has 3 rings (SSSR count). The number of anilines is 3. The summed E-state index contributed by atoms with van der Waals surface area (Å²) in [5.41, 5.74) is 2.79. The van der Waals surface area contributed by atoms with Gasteiger partial charge >= 0.3 is 0 Å². The van der Waals surface area contributed by atoms with Crippen molar-refractivity contribution in [2.45, 2.75) is 6.92 Å². The quantitative estimate of drug-likeness (QED) is 0.670. The minimum Gasteiger partial charge on any atom is -0.340 e.